The second-order valence-corrected chi connectivity index (χ2v) is 4.93. The molecule has 0 saturated heterocycles. The molecule has 0 aromatic heterocycles. The summed E-state index contributed by atoms with van der Waals surface area (Å²) >= 11 is 0. The van der Waals surface area contributed by atoms with Gasteiger partial charge in [-0.05, 0) is 31.9 Å². The third kappa shape index (κ3) is 4.83. The Morgan fingerprint density at radius 2 is 1.95 bits per heavy atom. The molecule has 0 bridgehead atoms. The Balaban J connectivity index is 2.40. The van der Waals surface area contributed by atoms with Crippen LogP contribution in [0.4, 0.5) is 0 Å². The van der Waals surface area contributed by atoms with E-state index in [1.165, 1.54) is 0 Å². The summed E-state index contributed by atoms with van der Waals surface area (Å²) in [6, 6.07) is 5.58. The number of rotatable bonds is 7. The van der Waals surface area contributed by atoms with E-state index in [0.717, 1.165) is 16.9 Å². The van der Waals surface area contributed by atoms with Crippen molar-refractivity contribution in [2.45, 2.75) is 32.9 Å². The molecule has 2 atom stereocenters. The highest BCUT2D eigenvalue weighted by atomic mass is 16.5. The number of carbonyl (C=O) groups is 1. The zero-order valence-electron chi connectivity index (χ0n) is 12.6. The molecule has 0 heterocycles. The molecule has 0 spiro atoms. The van der Waals surface area contributed by atoms with Crippen molar-refractivity contribution in [3.63, 3.8) is 0 Å². The number of aliphatic hydroxyl groups is 1. The molecular formula is C15H24N2O3. The minimum atomic E-state index is -0.666. The highest BCUT2D eigenvalue weighted by Crippen LogP contribution is 2.22. The van der Waals surface area contributed by atoms with Gasteiger partial charge in [0, 0.05) is 13.6 Å². The fraction of sp³-hybridized carbons (Fsp3) is 0.533. The molecule has 5 nitrogen and oxygen atoms in total. The minimum absolute atomic E-state index is 0.104. The summed E-state index contributed by atoms with van der Waals surface area (Å²) in [5.41, 5.74) is 2.09. The predicted molar refractivity (Wildman–Crippen MR) is 78.9 cm³/mol. The number of aliphatic hydroxyl groups excluding tert-OH is 1. The monoisotopic (exact) mass is 280 g/mol. The van der Waals surface area contributed by atoms with Gasteiger partial charge in [-0.2, -0.15) is 0 Å². The Hall–Kier alpha value is -1.59. The van der Waals surface area contributed by atoms with Crippen LogP contribution in [-0.4, -0.2) is 43.4 Å². The van der Waals surface area contributed by atoms with Crippen LogP contribution in [-0.2, 0) is 4.79 Å². The zero-order chi connectivity index (χ0) is 15.1. The van der Waals surface area contributed by atoms with Gasteiger partial charge >= 0.3 is 0 Å². The van der Waals surface area contributed by atoms with Gasteiger partial charge in [0.2, 0.25) is 5.91 Å². The van der Waals surface area contributed by atoms with Crippen molar-refractivity contribution in [3.05, 3.63) is 29.3 Å². The van der Waals surface area contributed by atoms with Crippen molar-refractivity contribution in [2.24, 2.45) is 0 Å². The molecule has 1 amide bonds. The SMILES string of the molecule is CNC(=O)C(C)NCC(O)COc1c(C)cccc1C. The molecule has 1 rings (SSSR count). The normalized spacial score (nSPS) is 13.7. The van der Waals surface area contributed by atoms with E-state index in [0.29, 0.717) is 6.54 Å². The fourth-order valence-electron chi connectivity index (χ4n) is 1.89. The number of ether oxygens (including phenoxy) is 1. The Morgan fingerprint density at radius 3 is 2.50 bits per heavy atom. The Morgan fingerprint density at radius 1 is 1.35 bits per heavy atom. The summed E-state index contributed by atoms with van der Waals surface area (Å²) in [5.74, 6) is 0.707. The first-order chi connectivity index (χ1) is 9.45. The second kappa shape index (κ2) is 7.87. The lowest BCUT2D eigenvalue weighted by Gasteiger charge is -2.18. The number of para-hydroxylation sites is 1. The van der Waals surface area contributed by atoms with Crippen LogP contribution in [0.5, 0.6) is 5.75 Å². The van der Waals surface area contributed by atoms with Crippen LogP contribution in [0.15, 0.2) is 18.2 Å². The summed E-state index contributed by atoms with van der Waals surface area (Å²) in [5, 5.41) is 15.4. The Labute approximate surface area is 120 Å². The van der Waals surface area contributed by atoms with E-state index < -0.39 is 6.10 Å². The molecule has 1 aromatic rings. The molecule has 0 fully saturated rings. The lowest BCUT2D eigenvalue weighted by atomic mass is 10.1. The lowest BCUT2D eigenvalue weighted by Crippen LogP contribution is -2.44. The first kappa shape index (κ1) is 16.5. The molecule has 3 N–H and O–H groups in total. The zero-order valence-corrected chi connectivity index (χ0v) is 12.6. The second-order valence-electron chi connectivity index (χ2n) is 4.93. The van der Waals surface area contributed by atoms with E-state index in [4.69, 9.17) is 4.74 Å². The largest absolute Gasteiger partial charge is 0.490 e. The summed E-state index contributed by atoms with van der Waals surface area (Å²) in [6.45, 7) is 6.19. The summed E-state index contributed by atoms with van der Waals surface area (Å²) in [4.78, 5) is 11.3. The van der Waals surface area contributed by atoms with E-state index in [9.17, 15) is 9.90 Å². The number of aryl methyl sites for hydroxylation is 2. The summed E-state index contributed by atoms with van der Waals surface area (Å²) < 4.78 is 5.66. The smallest absolute Gasteiger partial charge is 0.236 e. The molecule has 0 aliphatic heterocycles. The molecule has 112 valence electrons. The van der Waals surface area contributed by atoms with Gasteiger partial charge in [-0.3, -0.25) is 4.79 Å². The number of benzene rings is 1. The van der Waals surface area contributed by atoms with Gasteiger partial charge < -0.3 is 20.5 Å². The van der Waals surface area contributed by atoms with Crippen molar-refractivity contribution in [2.75, 3.05) is 20.2 Å². The molecule has 0 radical (unpaired) electrons. The van der Waals surface area contributed by atoms with E-state index in [1.807, 2.05) is 32.0 Å². The number of hydrogen-bond donors (Lipinski definition) is 3. The van der Waals surface area contributed by atoms with Crippen LogP contribution in [0.2, 0.25) is 0 Å². The summed E-state index contributed by atoms with van der Waals surface area (Å²) in [7, 11) is 1.58. The Kier molecular flexibility index (Phi) is 6.48. The number of hydrogen-bond acceptors (Lipinski definition) is 4. The van der Waals surface area contributed by atoms with Crippen molar-refractivity contribution in [1.29, 1.82) is 0 Å². The van der Waals surface area contributed by atoms with E-state index in [1.54, 1.807) is 14.0 Å². The van der Waals surface area contributed by atoms with Gasteiger partial charge in [0.1, 0.15) is 18.5 Å². The number of amides is 1. The molecule has 1 aromatic carbocycles. The highest BCUT2D eigenvalue weighted by molar-refractivity contribution is 5.80. The van der Waals surface area contributed by atoms with E-state index >= 15 is 0 Å². The first-order valence-corrected chi connectivity index (χ1v) is 6.77. The molecule has 2 unspecified atom stereocenters. The Bertz CT molecular complexity index is 428. The third-order valence-corrected chi connectivity index (χ3v) is 3.13. The maximum absolute atomic E-state index is 11.3. The van der Waals surface area contributed by atoms with Crippen LogP contribution >= 0.6 is 0 Å². The van der Waals surface area contributed by atoms with E-state index in [-0.39, 0.29) is 18.6 Å². The standard InChI is InChI=1S/C15H24N2O3/c1-10-6-5-7-11(2)14(10)20-9-13(18)8-17-12(3)15(19)16-4/h5-7,12-13,17-18H,8-9H2,1-4H3,(H,16,19). The van der Waals surface area contributed by atoms with Crippen molar-refractivity contribution in [3.8, 4) is 5.75 Å². The highest BCUT2D eigenvalue weighted by Gasteiger charge is 2.13. The van der Waals surface area contributed by atoms with E-state index in [2.05, 4.69) is 10.6 Å². The molecule has 0 aliphatic rings. The van der Waals surface area contributed by atoms with Gasteiger partial charge in [0.15, 0.2) is 0 Å². The van der Waals surface area contributed by atoms with Gasteiger partial charge in [-0.1, -0.05) is 18.2 Å². The van der Waals surface area contributed by atoms with Crippen LogP contribution in [0.3, 0.4) is 0 Å². The summed E-state index contributed by atoms with van der Waals surface area (Å²) in [6.07, 6.45) is -0.666. The average Bonchev–Trinajstić information content (AvgIpc) is 2.43. The number of likely N-dealkylation sites (N-methyl/N-ethyl adjacent to an activating group) is 1. The van der Waals surface area contributed by atoms with Gasteiger partial charge in [-0.15, -0.1) is 0 Å². The quantitative estimate of drug-likeness (QED) is 0.690. The van der Waals surface area contributed by atoms with Crippen LogP contribution in [0.25, 0.3) is 0 Å². The van der Waals surface area contributed by atoms with Gasteiger partial charge in [0.25, 0.3) is 0 Å². The van der Waals surface area contributed by atoms with Crippen LogP contribution in [0, 0.1) is 13.8 Å². The maximum Gasteiger partial charge on any atom is 0.236 e. The van der Waals surface area contributed by atoms with Gasteiger partial charge in [-0.25, -0.2) is 0 Å². The van der Waals surface area contributed by atoms with Gasteiger partial charge in [0.05, 0.1) is 6.04 Å². The third-order valence-electron chi connectivity index (χ3n) is 3.13. The minimum Gasteiger partial charge on any atom is -0.490 e. The molecule has 0 aliphatic carbocycles. The molecule has 5 heteroatoms. The molecule has 0 saturated carbocycles. The van der Waals surface area contributed by atoms with Crippen LogP contribution in [0.1, 0.15) is 18.1 Å². The molecular weight excluding hydrogens is 256 g/mol. The van der Waals surface area contributed by atoms with Crippen molar-refractivity contribution >= 4 is 5.91 Å². The van der Waals surface area contributed by atoms with Crippen molar-refractivity contribution < 1.29 is 14.6 Å². The maximum atomic E-state index is 11.3. The predicted octanol–water partition coefficient (Wildman–Crippen LogP) is 0.767. The topological polar surface area (TPSA) is 70.6 Å². The molecule has 20 heavy (non-hydrogen) atoms. The lowest BCUT2D eigenvalue weighted by molar-refractivity contribution is -0.122. The number of carbonyl (C=O) groups excluding carboxylic acids is 1. The number of nitrogens with one attached hydrogen (secondary N) is 2. The van der Waals surface area contributed by atoms with Crippen LogP contribution < -0.4 is 15.4 Å². The fourth-order valence-corrected chi connectivity index (χ4v) is 1.89. The first-order valence-electron chi connectivity index (χ1n) is 6.77. The average molecular weight is 280 g/mol. The van der Waals surface area contributed by atoms with Crippen molar-refractivity contribution in [1.82, 2.24) is 10.6 Å².